The lowest BCUT2D eigenvalue weighted by atomic mass is 9.98. The number of para-hydroxylation sites is 1. The van der Waals surface area contributed by atoms with Crippen molar-refractivity contribution < 1.29 is 4.74 Å². The number of amidine groups is 1. The first-order chi connectivity index (χ1) is 10.0. The predicted molar refractivity (Wildman–Crippen MR) is 90.4 cm³/mol. The Morgan fingerprint density at radius 2 is 2.00 bits per heavy atom. The van der Waals surface area contributed by atoms with E-state index in [0.717, 1.165) is 22.4 Å². The smallest absolute Gasteiger partial charge is 0.130 e. The topological polar surface area (TPSA) is 59.1 Å². The van der Waals surface area contributed by atoms with Crippen molar-refractivity contribution in [2.45, 2.75) is 26.2 Å². The van der Waals surface area contributed by atoms with Crippen molar-refractivity contribution in [1.82, 2.24) is 0 Å². The third-order valence-corrected chi connectivity index (χ3v) is 4.18. The normalized spacial score (nSPS) is 12.0. The molecule has 4 heteroatoms. The highest BCUT2D eigenvalue weighted by Gasteiger charge is 2.11. The lowest BCUT2D eigenvalue weighted by Crippen LogP contribution is -2.11. The molecule has 0 aliphatic rings. The second kappa shape index (κ2) is 6.76. The van der Waals surface area contributed by atoms with E-state index in [2.05, 4.69) is 35.8 Å². The number of nitrogens with two attached hydrogens (primary N) is 1. The molecular formula is C17H19BrN2O. The summed E-state index contributed by atoms with van der Waals surface area (Å²) in [5.41, 5.74) is 7.38. The van der Waals surface area contributed by atoms with Crippen LogP contribution in [0.5, 0.6) is 11.5 Å². The van der Waals surface area contributed by atoms with Crippen molar-refractivity contribution in [3.63, 3.8) is 0 Å². The zero-order valence-corrected chi connectivity index (χ0v) is 13.8. The number of hydrogen-bond donors (Lipinski definition) is 2. The lowest BCUT2D eigenvalue weighted by molar-refractivity contribution is 0.470. The Morgan fingerprint density at radius 3 is 2.62 bits per heavy atom. The number of rotatable bonds is 5. The number of halogens is 1. The molecule has 0 bridgehead atoms. The molecule has 2 aromatic carbocycles. The highest BCUT2D eigenvalue weighted by molar-refractivity contribution is 9.10. The number of nitrogen functional groups attached to an aromatic ring is 1. The number of benzene rings is 2. The molecule has 0 saturated carbocycles. The van der Waals surface area contributed by atoms with Crippen molar-refractivity contribution in [3.05, 3.63) is 58.1 Å². The van der Waals surface area contributed by atoms with E-state index in [4.69, 9.17) is 15.9 Å². The van der Waals surface area contributed by atoms with E-state index in [9.17, 15) is 0 Å². The third kappa shape index (κ3) is 3.64. The highest BCUT2D eigenvalue weighted by atomic mass is 79.9. The first kappa shape index (κ1) is 15.6. The Bertz CT molecular complexity index is 655. The molecule has 1 atom stereocenters. The van der Waals surface area contributed by atoms with Crippen LogP contribution in [-0.4, -0.2) is 5.84 Å². The summed E-state index contributed by atoms with van der Waals surface area (Å²) in [5, 5.41) is 7.49. The average Bonchev–Trinajstić information content (AvgIpc) is 2.46. The summed E-state index contributed by atoms with van der Waals surface area (Å²) in [5.74, 6) is 2.08. The summed E-state index contributed by atoms with van der Waals surface area (Å²) in [4.78, 5) is 0. The fourth-order valence-corrected chi connectivity index (χ4v) is 2.68. The molecule has 2 rings (SSSR count). The van der Waals surface area contributed by atoms with Crippen molar-refractivity contribution in [2.24, 2.45) is 5.73 Å². The van der Waals surface area contributed by atoms with Crippen molar-refractivity contribution in [2.75, 3.05) is 0 Å². The standard InChI is InChI=1S/C17H19BrN2O/c1-3-11(2)13-6-4-5-7-16(13)21-12-8-9-14(17(19)20)15(18)10-12/h4-11H,3H2,1-2H3,(H3,19,20). The van der Waals surface area contributed by atoms with Gasteiger partial charge in [-0.3, -0.25) is 5.41 Å². The zero-order chi connectivity index (χ0) is 15.4. The molecule has 0 aliphatic heterocycles. The van der Waals surface area contributed by atoms with Gasteiger partial charge in [0.2, 0.25) is 0 Å². The number of hydrogen-bond acceptors (Lipinski definition) is 2. The van der Waals surface area contributed by atoms with Gasteiger partial charge in [-0.15, -0.1) is 0 Å². The summed E-state index contributed by atoms with van der Waals surface area (Å²) >= 11 is 3.42. The molecule has 0 radical (unpaired) electrons. The maximum absolute atomic E-state index is 7.49. The molecule has 0 amide bonds. The first-order valence-electron chi connectivity index (χ1n) is 6.93. The van der Waals surface area contributed by atoms with Crippen LogP contribution in [0.4, 0.5) is 0 Å². The fourth-order valence-electron chi connectivity index (χ4n) is 2.11. The van der Waals surface area contributed by atoms with Gasteiger partial charge < -0.3 is 10.5 Å². The van der Waals surface area contributed by atoms with Crippen LogP contribution in [0.25, 0.3) is 0 Å². The third-order valence-electron chi connectivity index (χ3n) is 3.52. The van der Waals surface area contributed by atoms with Gasteiger partial charge in [0.05, 0.1) is 0 Å². The van der Waals surface area contributed by atoms with E-state index in [1.807, 2.05) is 30.3 Å². The molecule has 0 spiro atoms. The quantitative estimate of drug-likeness (QED) is 0.588. The van der Waals surface area contributed by atoms with E-state index >= 15 is 0 Å². The minimum atomic E-state index is 0.0356. The summed E-state index contributed by atoms with van der Waals surface area (Å²) in [6, 6.07) is 13.5. The Kier molecular flexibility index (Phi) is 5.02. The molecule has 0 fully saturated rings. The molecule has 110 valence electrons. The predicted octanol–water partition coefficient (Wildman–Crippen LogP) is 5.04. The maximum Gasteiger partial charge on any atom is 0.130 e. The molecular weight excluding hydrogens is 328 g/mol. The second-order valence-electron chi connectivity index (χ2n) is 5.00. The average molecular weight is 347 g/mol. The summed E-state index contributed by atoms with van der Waals surface area (Å²) in [7, 11) is 0. The van der Waals surface area contributed by atoms with Gasteiger partial charge in [0.1, 0.15) is 17.3 Å². The van der Waals surface area contributed by atoms with Crippen LogP contribution in [0, 0.1) is 5.41 Å². The fraction of sp³-hybridized carbons (Fsp3) is 0.235. The maximum atomic E-state index is 7.49. The van der Waals surface area contributed by atoms with Gasteiger partial charge in [-0.05, 0) is 58.1 Å². The van der Waals surface area contributed by atoms with Gasteiger partial charge in [-0.25, -0.2) is 0 Å². The van der Waals surface area contributed by atoms with Crippen LogP contribution in [0.15, 0.2) is 46.9 Å². The van der Waals surface area contributed by atoms with Crippen LogP contribution >= 0.6 is 15.9 Å². The molecule has 3 N–H and O–H groups in total. The van der Waals surface area contributed by atoms with Crippen LogP contribution in [0.2, 0.25) is 0 Å². The van der Waals surface area contributed by atoms with E-state index < -0.39 is 0 Å². The van der Waals surface area contributed by atoms with Gasteiger partial charge in [0, 0.05) is 10.0 Å². The minimum Gasteiger partial charge on any atom is -0.457 e. The SMILES string of the molecule is CCC(C)c1ccccc1Oc1ccc(C(=N)N)c(Br)c1. The van der Waals surface area contributed by atoms with Gasteiger partial charge in [0.25, 0.3) is 0 Å². The Balaban J connectivity index is 2.31. The van der Waals surface area contributed by atoms with Gasteiger partial charge in [-0.2, -0.15) is 0 Å². The largest absolute Gasteiger partial charge is 0.457 e. The van der Waals surface area contributed by atoms with Crippen LogP contribution in [0.1, 0.15) is 37.3 Å². The highest BCUT2D eigenvalue weighted by Crippen LogP contribution is 2.33. The molecule has 0 aromatic heterocycles. The zero-order valence-electron chi connectivity index (χ0n) is 12.2. The Hall–Kier alpha value is -1.81. The summed E-state index contributed by atoms with van der Waals surface area (Å²) in [6.45, 7) is 4.36. The van der Waals surface area contributed by atoms with Gasteiger partial charge in [-0.1, -0.05) is 32.0 Å². The Labute approximate surface area is 133 Å². The molecule has 0 aliphatic carbocycles. The number of nitrogens with one attached hydrogen (secondary N) is 1. The van der Waals surface area contributed by atoms with E-state index in [1.54, 1.807) is 6.07 Å². The van der Waals surface area contributed by atoms with Crippen molar-refractivity contribution in [3.8, 4) is 11.5 Å². The monoisotopic (exact) mass is 346 g/mol. The van der Waals surface area contributed by atoms with Crippen molar-refractivity contribution >= 4 is 21.8 Å². The van der Waals surface area contributed by atoms with Gasteiger partial charge in [0.15, 0.2) is 0 Å². The van der Waals surface area contributed by atoms with Crippen LogP contribution < -0.4 is 10.5 Å². The van der Waals surface area contributed by atoms with Crippen LogP contribution in [0.3, 0.4) is 0 Å². The molecule has 21 heavy (non-hydrogen) atoms. The minimum absolute atomic E-state index is 0.0356. The second-order valence-corrected chi connectivity index (χ2v) is 5.86. The number of ether oxygens (including phenoxy) is 1. The molecule has 3 nitrogen and oxygen atoms in total. The van der Waals surface area contributed by atoms with E-state index in [1.165, 1.54) is 5.56 Å². The lowest BCUT2D eigenvalue weighted by Gasteiger charge is -2.16. The molecule has 0 saturated heterocycles. The first-order valence-corrected chi connectivity index (χ1v) is 7.73. The van der Waals surface area contributed by atoms with Gasteiger partial charge >= 0.3 is 0 Å². The van der Waals surface area contributed by atoms with Crippen molar-refractivity contribution in [1.29, 1.82) is 5.41 Å². The molecule has 0 heterocycles. The van der Waals surface area contributed by atoms with E-state index in [-0.39, 0.29) is 5.84 Å². The Morgan fingerprint density at radius 1 is 1.29 bits per heavy atom. The summed E-state index contributed by atoms with van der Waals surface area (Å²) in [6.07, 6.45) is 1.06. The molecule has 2 aromatic rings. The summed E-state index contributed by atoms with van der Waals surface area (Å²) < 4.78 is 6.76. The van der Waals surface area contributed by atoms with Crippen LogP contribution in [-0.2, 0) is 0 Å². The molecule has 1 unspecified atom stereocenters. The van der Waals surface area contributed by atoms with E-state index in [0.29, 0.717) is 11.5 Å².